The predicted octanol–water partition coefficient (Wildman–Crippen LogP) is 4.39. The number of benzene rings is 3. The van der Waals surface area contributed by atoms with Crippen LogP contribution >= 0.6 is 11.6 Å². The van der Waals surface area contributed by atoms with Gasteiger partial charge in [-0.1, -0.05) is 0 Å². The van der Waals surface area contributed by atoms with E-state index < -0.39 is 0 Å². The number of hydrogen-bond acceptors (Lipinski definition) is 0. The van der Waals surface area contributed by atoms with Gasteiger partial charge in [0, 0.05) is 0 Å². The number of hydrogen-bond donors (Lipinski definition) is 0. The molecular weight excluding hydrogens is 458 g/mol. The van der Waals surface area contributed by atoms with Crippen LogP contribution in [0, 0.1) is 0 Å². The van der Waals surface area contributed by atoms with Gasteiger partial charge in [-0.3, -0.25) is 0 Å². The topological polar surface area (TPSA) is 0 Å². The van der Waals surface area contributed by atoms with Crippen LogP contribution in [0.4, 0.5) is 0 Å². The fourth-order valence-electron chi connectivity index (χ4n) is 3.28. The van der Waals surface area contributed by atoms with Crippen molar-refractivity contribution in [1.29, 1.82) is 0 Å². The van der Waals surface area contributed by atoms with Crippen molar-refractivity contribution in [1.82, 2.24) is 0 Å². The first-order chi connectivity index (χ1) is 12.3. The molecule has 0 heterocycles. The molecule has 0 bridgehead atoms. The average Bonchev–Trinajstić information content (AvgIpc) is 2.64. The summed E-state index contributed by atoms with van der Waals surface area (Å²) in [5.74, 6) is 0.658. The van der Waals surface area contributed by atoms with Gasteiger partial charge < -0.3 is 0 Å². The molecule has 3 aromatic carbocycles. The van der Waals surface area contributed by atoms with Gasteiger partial charge in [0.25, 0.3) is 0 Å². The Bertz CT molecular complexity index is 774. The first kappa shape index (κ1) is 17.4. The minimum atomic E-state index is 0.427. The molecule has 1 fully saturated rings. The Morgan fingerprint density at radius 1 is 0.720 bits per heavy atom. The molecule has 0 aliphatic heterocycles. The molecule has 126 valence electrons. The fourth-order valence-corrected chi connectivity index (χ4v) is 11.5. The molecular formula is C22H19ClSe2. The summed E-state index contributed by atoms with van der Waals surface area (Å²) in [6.45, 7) is 0. The van der Waals surface area contributed by atoms with E-state index in [0.717, 1.165) is 5.02 Å². The summed E-state index contributed by atoms with van der Waals surface area (Å²) < 4.78 is 3.47. The Labute approximate surface area is 167 Å². The van der Waals surface area contributed by atoms with E-state index in [2.05, 4.69) is 72.8 Å². The predicted molar refractivity (Wildman–Crippen MR) is 110 cm³/mol. The summed E-state index contributed by atoms with van der Waals surface area (Å²) >= 11 is 7.07. The van der Waals surface area contributed by atoms with E-state index in [-0.39, 0.29) is 0 Å². The van der Waals surface area contributed by atoms with Gasteiger partial charge in [0.2, 0.25) is 0 Å². The van der Waals surface area contributed by atoms with Gasteiger partial charge in [-0.2, -0.15) is 0 Å². The summed E-state index contributed by atoms with van der Waals surface area (Å²) in [6, 6.07) is 30.7. The van der Waals surface area contributed by atoms with Crippen LogP contribution in [0.25, 0.3) is 0 Å². The van der Waals surface area contributed by atoms with Gasteiger partial charge in [-0.25, -0.2) is 0 Å². The van der Waals surface area contributed by atoms with Crippen molar-refractivity contribution < 1.29 is 0 Å². The van der Waals surface area contributed by atoms with Crippen LogP contribution < -0.4 is 8.92 Å². The van der Waals surface area contributed by atoms with E-state index in [1.807, 2.05) is 12.1 Å². The van der Waals surface area contributed by atoms with Crippen LogP contribution in [0.2, 0.25) is 8.23 Å². The van der Waals surface area contributed by atoms with Gasteiger partial charge in [0.15, 0.2) is 0 Å². The zero-order valence-corrected chi connectivity index (χ0v) is 18.0. The monoisotopic (exact) mass is 478 g/mol. The van der Waals surface area contributed by atoms with Crippen LogP contribution in [0.3, 0.4) is 0 Å². The molecule has 1 atom stereocenters. The van der Waals surface area contributed by atoms with Gasteiger partial charge in [0.1, 0.15) is 0 Å². The normalized spacial score (nSPS) is 18.5. The molecule has 0 aromatic heterocycles. The number of rotatable bonds is 5. The van der Waals surface area contributed by atoms with Crippen LogP contribution in [-0.2, 0) is 0 Å². The zero-order valence-electron chi connectivity index (χ0n) is 13.8. The second kappa shape index (κ2) is 7.70. The maximum absolute atomic E-state index is 6.12. The summed E-state index contributed by atoms with van der Waals surface area (Å²) in [4.78, 5) is 0. The molecule has 1 aliphatic rings. The quantitative estimate of drug-likeness (QED) is 0.479. The fraction of sp³-hybridized carbons (Fsp3) is 0.182. The van der Waals surface area contributed by atoms with Crippen molar-refractivity contribution in [2.45, 2.75) is 22.0 Å². The Morgan fingerprint density at radius 2 is 1.24 bits per heavy atom. The minimum absolute atomic E-state index is 0.427. The molecule has 3 aromatic rings. The summed E-state index contributed by atoms with van der Waals surface area (Å²) in [7, 11) is 0. The molecule has 1 unspecified atom stereocenters. The Kier molecular flexibility index (Phi) is 5.36. The van der Waals surface area contributed by atoms with E-state index in [1.165, 1.54) is 27.3 Å². The Hall–Kier alpha value is -1.01. The second-order valence-electron chi connectivity index (χ2n) is 6.28. The molecule has 0 saturated heterocycles. The molecule has 3 heteroatoms. The van der Waals surface area contributed by atoms with Crippen LogP contribution in [-0.4, -0.2) is 29.9 Å². The molecule has 0 radical (unpaired) electrons. The van der Waals surface area contributed by atoms with Crippen LogP contribution in [0.15, 0.2) is 84.9 Å². The van der Waals surface area contributed by atoms with E-state index >= 15 is 0 Å². The van der Waals surface area contributed by atoms with Gasteiger partial charge in [0.05, 0.1) is 0 Å². The summed E-state index contributed by atoms with van der Waals surface area (Å²) in [6.07, 6.45) is 2.63. The molecule has 0 N–H and O–H groups in total. The number of halogens is 1. The standard InChI is InChI=1S/C22H19ClSe2/c23-18-13-11-17(12-14-18)21-15-16-22(21,24-19-7-3-1-4-8-19)25-20-9-5-2-6-10-20/h1-14,21H,15-16H2. The first-order valence-corrected chi connectivity index (χ1v) is 12.3. The average molecular weight is 477 g/mol. The van der Waals surface area contributed by atoms with Crippen molar-refractivity contribution >= 4 is 50.4 Å². The molecule has 1 saturated carbocycles. The van der Waals surface area contributed by atoms with E-state index in [9.17, 15) is 0 Å². The summed E-state index contributed by atoms with van der Waals surface area (Å²) in [5.41, 5.74) is 1.46. The third-order valence-corrected chi connectivity index (χ3v) is 12.4. The van der Waals surface area contributed by atoms with Crippen molar-refractivity contribution in [2.24, 2.45) is 0 Å². The van der Waals surface area contributed by atoms with Gasteiger partial charge in [-0.05, 0) is 0 Å². The Morgan fingerprint density at radius 3 is 1.68 bits per heavy atom. The maximum atomic E-state index is 6.12. The van der Waals surface area contributed by atoms with E-state index in [4.69, 9.17) is 11.6 Å². The van der Waals surface area contributed by atoms with Crippen LogP contribution in [0.1, 0.15) is 24.3 Å². The third kappa shape index (κ3) is 3.90. The molecule has 25 heavy (non-hydrogen) atoms. The van der Waals surface area contributed by atoms with Crippen molar-refractivity contribution in [3.63, 3.8) is 0 Å². The molecule has 4 rings (SSSR count). The summed E-state index contributed by atoms with van der Waals surface area (Å²) in [5, 5.41) is 0.829. The molecule has 0 nitrogen and oxygen atoms in total. The second-order valence-corrected chi connectivity index (χ2v) is 13.9. The van der Waals surface area contributed by atoms with Crippen LogP contribution in [0.5, 0.6) is 0 Å². The van der Waals surface area contributed by atoms with Crippen molar-refractivity contribution in [3.05, 3.63) is 95.5 Å². The van der Waals surface area contributed by atoms with Crippen molar-refractivity contribution in [2.75, 3.05) is 0 Å². The van der Waals surface area contributed by atoms with Gasteiger partial charge >= 0.3 is 168 Å². The van der Waals surface area contributed by atoms with E-state index in [1.54, 1.807) is 0 Å². The SMILES string of the molecule is Clc1ccc(C2CCC2([Se]c2ccccc2)[Se]c2ccccc2)cc1. The molecule has 0 spiro atoms. The third-order valence-electron chi connectivity index (χ3n) is 4.65. The molecule has 1 aliphatic carbocycles. The Balaban J connectivity index is 1.67. The van der Waals surface area contributed by atoms with E-state index in [0.29, 0.717) is 39.0 Å². The zero-order chi connectivity index (χ0) is 17.1. The molecule has 0 amide bonds. The van der Waals surface area contributed by atoms with Gasteiger partial charge in [-0.15, -0.1) is 0 Å². The van der Waals surface area contributed by atoms with Crippen molar-refractivity contribution in [3.8, 4) is 0 Å². The first-order valence-electron chi connectivity index (χ1n) is 8.49.